The summed E-state index contributed by atoms with van der Waals surface area (Å²) in [5, 5.41) is 0. The van der Waals surface area contributed by atoms with Gasteiger partial charge in [-0.1, -0.05) is 46.0 Å². The fourth-order valence-electron chi connectivity index (χ4n) is 4.09. The van der Waals surface area contributed by atoms with Gasteiger partial charge < -0.3 is 5.43 Å². The number of amidine groups is 1. The van der Waals surface area contributed by atoms with E-state index < -0.39 is 0 Å². The molecule has 0 spiro atoms. The third-order valence-electron chi connectivity index (χ3n) is 4.89. The number of hydrazine groups is 1. The van der Waals surface area contributed by atoms with E-state index in [-0.39, 0.29) is 5.41 Å². The SMILES string of the molecule is CC(C)CC1(C(=NC2CCCCC2)NN)CCCC1. The van der Waals surface area contributed by atoms with Crippen molar-refractivity contribution in [1.82, 2.24) is 5.43 Å². The third kappa shape index (κ3) is 3.71. The second-order valence-electron chi connectivity index (χ2n) is 7.00. The molecule has 110 valence electrons. The van der Waals surface area contributed by atoms with Gasteiger partial charge in [-0.05, 0) is 38.0 Å². The molecule has 0 radical (unpaired) electrons. The topological polar surface area (TPSA) is 50.4 Å². The van der Waals surface area contributed by atoms with Crippen molar-refractivity contribution in [3.05, 3.63) is 0 Å². The third-order valence-corrected chi connectivity index (χ3v) is 4.89. The van der Waals surface area contributed by atoms with Gasteiger partial charge in [-0.3, -0.25) is 4.99 Å². The average molecular weight is 265 g/mol. The van der Waals surface area contributed by atoms with E-state index in [9.17, 15) is 0 Å². The first kappa shape index (κ1) is 14.8. The Morgan fingerprint density at radius 2 is 1.79 bits per heavy atom. The van der Waals surface area contributed by atoms with E-state index in [1.165, 1.54) is 64.2 Å². The predicted octanol–water partition coefficient (Wildman–Crippen LogP) is 3.79. The van der Waals surface area contributed by atoms with E-state index in [1.54, 1.807) is 0 Å². The molecule has 2 aliphatic carbocycles. The molecule has 0 atom stereocenters. The molecule has 2 rings (SSSR count). The van der Waals surface area contributed by atoms with E-state index in [4.69, 9.17) is 10.8 Å². The molecule has 2 saturated carbocycles. The van der Waals surface area contributed by atoms with Crippen molar-refractivity contribution in [3.8, 4) is 0 Å². The molecular weight excluding hydrogens is 234 g/mol. The standard InChI is InChI=1S/C16H31N3/c1-13(2)12-16(10-6-7-11-16)15(19-17)18-14-8-4-3-5-9-14/h13-14H,3-12,17H2,1-2H3,(H,18,19). The lowest BCUT2D eigenvalue weighted by atomic mass is 9.77. The minimum absolute atomic E-state index is 0.250. The van der Waals surface area contributed by atoms with E-state index in [0.717, 1.165) is 5.84 Å². The van der Waals surface area contributed by atoms with Crippen molar-refractivity contribution >= 4 is 5.84 Å². The summed E-state index contributed by atoms with van der Waals surface area (Å²) in [6.45, 7) is 4.63. The van der Waals surface area contributed by atoms with Gasteiger partial charge in [-0.25, -0.2) is 5.84 Å². The first-order valence-electron chi connectivity index (χ1n) is 8.21. The first-order chi connectivity index (χ1) is 9.16. The van der Waals surface area contributed by atoms with E-state index in [0.29, 0.717) is 12.0 Å². The largest absolute Gasteiger partial charge is 0.312 e. The summed E-state index contributed by atoms with van der Waals surface area (Å²) in [5.74, 6) is 7.68. The molecule has 3 nitrogen and oxygen atoms in total. The number of hydrogen-bond acceptors (Lipinski definition) is 2. The molecule has 2 aliphatic rings. The fourth-order valence-corrected chi connectivity index (χ4v) is 4.09. The van der Waals surface area contributed by atoms with Crippen LogP contribution < -0.4 is 11.3 Å². The quantitative estimate of drug-likeness (QED) is 0.352. The van der Waals surface area contributed by atoms with Gasteiger partial charge in [0.1, 0.15) is 5.84 Å². The van der Waals surface area contributed by atoms with Crippen LogP contribution in [0, 0.1) is 11.3 Å². The molecule has 0 heterocycles. The fraction of sp³-hybridized carbons (Fsp3) is 0.938. The average Bonchev–Trinajstić information content (AvgIpc) is 2.85. The molecule has 3 N–H and O–H groups in total. The Hall–Kier alpha value is -0.570. The van der Waals surface area contributed by atoms with Gasteiger partial charge in [-0.15, -0.1) is 0 Å². The van der Waals surface area contributed by atoms with Crippen molar-refractivity contribution in [2.45, 2.75) is 84.1 Å². The van der Waals surface area contributed by atoms with Crippen LogP contribution in [0.5, 0.6) is 0 Å². The van der Waals surface area contributed by atoms with Crippen molar-refractivity contribution < 1.29 is 0 Å². The van der Waals surface area contributed by atoms with Crippen molar-refractivity contribution in [2.24, 2.45) is 22.2 Å². The molecular formula is C16H31N3. The minimum atomic E-state index is 0.250. The van der Waals surface area contributed by atoms with E-state index >= 15 is 0 Å². The monoisotopic (exact) mass is 265 g/mol. The summed E-state index contributed by atoms with van der Waals surface area (Å²) >= 11 is 0. The van der Waals surface area contributed by atoms with Gasteiger partial charge in [0.25, 0.3) is 0 Å². The van der Waals surface area contributed by atoms with Crippen LogP contribution in [-0.2, 0) is 0 Å². The number of nitrogens with two attached hydrogens (primary N) is 1. The summed E-state index contributed by atoms with van der Waals surface area (Å²) in [6.07, 6.45) is 13.0. The Kier molecular flexibility index (Phi) is 5.26. The maximum atomic E-state index is 5.85. The molecule has 0 aromatic carbocycles. The Bertz CT molecular complexity index is 297. The first-order valence-corrected chi connectivity index (χ1v) is 8.21. The summed E-state index contributed by atoms with van der Waals surface area (Å²) < 4.78 is 0. The van der Waals surface area contributed by atoms with Crippen LogP contribution in [0.2, 0.25) is 0 Å². The number of aliphatic imine (C=N–C) groups is 1. The van der Waals surface area contributed by atoms with Crippen molar-refractivity contribution in [2.75, 3.05) is 0 Å². The lowest BCUT2D eigenvalue weighted by molar-refractivity contribution is 0.326. The predicted molar refractivity (Wildman–Crippen MR) is 82.0 cm³/mol. The van der Waals surface area contributed by atoms with Gasteiger partial charge in [0.15, 0.2) is 0 Å². The summed E-state index contributed by atoms with van der Waals surface area (Å²) in [6, 6.07) is 0.518. The zero-order valence-electron chi connectivity index (χ0n) is 12.8. The second kappa shape index (κ2) is 6.74. The van der Waals surface area contributed by atoms with Gasteiger partial charge in [0, 0.05) is 5.41 Å². The van der Waals surface area contributed by atoms with Crippen LogP contribution in [-0.4, -0.2) is 11.9 Å². The number of nitrogens with zero attached hydrogens (tertiary/aromatic N) is 1. The van der Waals surface area contributed by atoms with Crippen LogP contribution in [0.3, 0.4) is 0 Å². The van der Waals surface area contributed by atoms with Gasteiger partial charge >= 0.3 is 0 Å². The molecule has 0 aromatic heterocycles. The van der Waals surface area contributed by atoms with Crippen LogP contribution in [0.4, 0.5) is 0 Å². The van der Waals surface area contributed by atoms with Gasteiger partial charge in [0.2, 0.25) is 0 Å². The van der Waals surface area contributed by atoms with Crippen LogP contribution >= 0.6 is 0 Å². The van der Waals surface area contributed by atoms with Gasteiger partial charge in [0.05, 0.1) is 6.04 Å². The minimum Gasteiger partial charge on any atom is -0.312 e. The highest BCUT2D eigenvalue weighted by atomic mass is 15.3. The highest BCUT2D eigenvalue weighted by Crippen LogP contribution is 2.44. The number of hydrogen-bond donors (Lipinski definition) is 2. The smallest absolute Gasteiger partial charge is 0.117 e. The molecule has 0 saturated heterocycles. The molecule has 0 bridgehead atoms. The number of rotatable bonds is 4. The van der Waals surface area contributed by atoms with Crippen molar-refractivity contribution in [3.63, 3.8) is 0 Å². The normalized spacial score (nSPS) is 24.9. The summed E-state index contributed by atoms with van der Waals surface area (Å²) in [7, 11) is 0. The summed E-state index contributed by atoms with van der Waals surface area (Å²) in [5.41, 5.74) is 3.24. The molecule has 2 fully saturated rings. The Balaban J connectivity index is 2.14. The van der Waals surface area contributed by atoms with Crippen LogP contribution in [0.1, 0.15) is 78.1 Å². The van der Waals surface area contributed by atoms with Crippen LogP contribution in [0.25, 0.3) is 0 Å². The molecule has 19 heavy (non-hydrogen) atoms. The zero-order chi connectivity index (χ0) is 13.7. The zero-order valence-corrected chi connectivity index (χ0v) is 12.8. The summed E-state index contributed by atoms with van der Waals surface area (Å²) in [4.78, 5) is 5.04. The van der Waals surface area contributed by atoms with Crippen LogP contribution in [0.15, 0.2) is 4.99 Å². The Labute approximate surface area is 118 Å². The second-order valence-corrected chi connectivity index (χ2v) is 7.00. The van der Waals surface area contributed by atoms with Gasteiger partial charge in [-0.2, -0.15) is 0 Å². The lowest BCUT2D eigenvalue weighted by Gasteiger charge is -2.33. The number of nitrogens with one attached hydrogen (secondary N) is 1. The van der Waals surface area contributed by atoms with E-state index in [1.807, 2.05) is 0 Å². The van der Waals surface area contributed by atoms with Crippen molar-refractivity contribution in [1.29, 1.82) is 0 Å². The maximum absolute atomic E-state index is 5.85. The Morgan fingerprint density at radius 3 is 2.32 bits per heavy atom. The molecule has 0 aliphatic heterocycles. The molecule has 3 heteroatoms. The maximum Gasteiger partial charge on any atom is 0.117 e. The lowest BCUT2D eigenvalue weighted by Crippen LogP contribution is -2.44. The highest BCUT2D eigenvalue weighted by molar-refractivity contribution is 5.88. The molecule has 0 aromatic rings. The molecule has 0 amide bonds. The Morgan fingerprint density at radius 1 is 1.16 bits per heavy atom. The van der Waals surface area contributed by atoms with E-state index in [2.05, 4.69) is 19.3 Å². The molecule has 0 unspecified atom stereocenters. The highest BCUT2D eigenvalue weighted by Gasteiger charge is 2.39.